The Labute approximate surface area is 140 Å². The number of carbonyl (C=O) groups is 1. The molecule has 1 saturated carbocycles. The smallest absolute Gasteiger partial charge is 0.223 e. The third-order valence-corrected chi connectivity index (χ3v) is 5.04. The number of ether oxygens (including phenoxy) is 1. The minimum absolute atomic E-state index is 0.0655. The first-order valence-corrected chi connectivity index (χ1v) is 8.43. The summed E-state index contributed by atoms with van der Waals surface area (Å²) >= 11 is 5.71. The maximum absolute atomic E-state index is 13.6. The summed E-state index contributed by atoms with van der Waals surface area (Å²) < 4.78 is 19.3. The van der Waals surface area contributed by atoms with E-state index in [1.807, 2.05) is 0 Å². The van der Waals surface area contributed by atoms with Crippen molar-refractivity contribution in [3.8, 4) is 0 Å². The lowest BCUT2D eigenvalue weighted by Gasteiger charge is -2.24. The highest BCUT2D eigenvalue weighted by Gasteiger charge is 2.36. The van der Waals surface area contributed by atoms with Gasteiger partial charge in [-0.25, -0.2) is 4.39 Å². The van der Waals surface area contributed by atoms with Crippen molar-refractivity contribution in [3.05, 3.63) is 34.6 Å². The van der Waals surface area contributed by atoms with Crippen LogP contribution in [0.2, 0.25) is 5.02 Å². The molecule has 1 saturated heterocycles. The molecule has 2 fully saturated rings. The minimum Gasteiger partial charge on any atom is -0.389 e. The van der Waals surface area contributed by atoms with Crippen molar-refractivity contribution in [1.29, 1.82) is 0 Å². The van der Waals surface area contributed by atoms with Crippen LogP contribution in [0.25, 0.3) is 0 Å². The van der Waals surface area contributed by atoms with E-state index in [-0.39, 0.29) is 29.5 Å². The lowest BCUT2D eigenvalue weighted by Crippen LogP contribution is -2.41. The molecule has 3 rings (SSSR count). The van der Waals surface area contributed by atoms with Crippen molar-refractivity contribution >= 4 is 17.5 Å². The van der Waals surface area contributed by atoms with Gasteiger partial charge in [-0.1, -0.05) is 30.5 Å². The van der Waals surface area contributed by atoms with Crippen molar-refractivity contribution in [2.24, 2.45) is 0 Å². The normalized spacial score (nSPS) is 26.4. The van der Waals surface area contributed by atoms with Crippen LogP contribution in [0, 0.1) is 5.82 Å². The second-order valence-electron chi connectivity index (χ2n) is 6.54. The van der Waals surface area contributed by atoms with E-state index in [9.17, 15) is 14.3 Å². The van der Waals surface area contributed by atoms with Crippen LogP contribution in [-0.2, 0) is 9.53 Å². The number of benzene rings is 1. The largest absolute Gasteiger partial charge is 0.389 e. The summed E-state index contributed by atoms with van der Waals surface area (Å²) in [6, 6.07) is 4.34. The lowest BCUT2D eigenvalue weighted by molar-refractivity contribution is -0.127. The molecule has 0 radical (unpaired) electrons. The van der Waals surface area contributed by atoms with E-state index >= 15 is 0 Å². The Morgan fingerprint density at radius 3 is 2.87 bits per heavy atom. The lowest BCUT2D eigenvalue weighted by atomic mass is 9.96. The fraction of sp³-hybridized carbons (Fsp3) is 0.588. The zero-order chi connectivity index (χ0) is 16.4. The van der Waals surface area contributed by atoms with Gasteiger partial charge in [-0.15, -0.1) is 0 Å². The van der Waals surface area contributed by atoms with Gasteiger partial charge in [-0.3, -0.25) is 4.79 Å². The quantitative estimate of drug-likeness (QED) is 0.884. The van der Waals surface area contributed by atoms with Crippen LogP contribution in [0.3, 0.4) is 0 Å². The fourth-order valence-electron chi connectivity index (χ4n) is 3.52. The molecule has 6 heteroatoms. The molecule has 126 valence electrons. The Morgan fingerprint density at radius 2 is 2.17 bits per heavy atom. The summed E-state index contributed by atoms with van der Waals surface area (Å²) in [6.45, 7) is 0.504. The predicted molar refractivity (Wildman–Crippen MR) is 84.7 cm³/mol. The molecule has 4 nitrogen and oxygen atoms in total. The molecular formula is C17H21ClFNO3. The molecule has 0 aromatic heterocycles. The summed E-state index contributed by atoms with van der Waals surface area (Å²) in [6.07, 6.45) is 3.67. The third kappa shape index (κ3) is 3.84. The number of hydrogen-bond acceptors (Lipinski definition) is 3. The van der Waals surface area contributed by atoms with Crippen LogP contribution in [0.1, 0.15) is 50.2 Å². The van der Waals surface area contributed by atoms with Crippen LogP contribution in [0.15, 0.2) is 18.2 Å². The average molecular weight is 342 g/mol. The van der Waals surface area contributed by atoms with Gasteiger partial charge in [0.15, 0.2) is 0 Å². The molecule has 1 heterocycles. The van der Waals surface area contributed by atoms with Gasteiger partial charge in [0.05, 0.1) is 23.1 Å². The van der Waals surface area contributed by atoms with E-state index in [4.69, 9.17) is 16.3 Å². The summed E-state index contributed by atoms with van der Waals surface area (Å²) in [4.78, 5) is 12.2. The maximum atomic E-state index is 13.6. The molecule has 1 aliphatic carbocycles. The van der Waals surface area contributed by atoms with Crippen LogP contribution in [-0.4, -0.2) is 29.3 Å². The SMILES string of the molecule is O=C(CC1(O)CCCC1)NC1CCOC1c1ccc(Cl)c(F)c1. The molecule has 0 bridgehead atoms. The Hall–Kier alpha value is -1.17. The number of nitrogens with one attached hydrogen (secondary N) is 1. The van der Waals surface area contributed by atoms with Crippen molar-refractivity contribution in [3.63, 3.8) is 0 Å². The van der Waals surface area contributed by atoms with E-state index in [0.717, 1.165) is 12.8 Å². The number of amides is 1. The van der Waals surface area contributed by atoms with Gasteiger partial charge in [-0.2, -0.15) is 0 Å². The van der Waals surface area contributed by atoms with Crippen LogP contribution < -0.4 is 5.32 Å². The first-order chi connectivity index (χ1) is 11.0. The number of halogens is 2. The number of hydrogen-bond donors (Lipinski definition) is 2. The van der Waals surface area contributed by atoms with Crippen LogP contribution in [0.5, 0.6) is 0 Å². The molecule has 2 N–H and O–H groups in total. The highest BCUT2D eigenvalue weighted by Crippen LogP contribution is 2.34. The van der Waals surface area contributed by atoms with Crippen molar-refractivity contribution in [1.82, 2.24) is 5.32 Å². The molecule has 1 aliphatic heterocycles. The number of aliphatic hydroxyl groups is 1. The minimum atomic E-state index is -0.870. The van der Waals surface area contributed by atoms with Crippen LogP contribution in [0.4, 0.5) is 4.39 Å². The Kier molecular flexibility index (Phi) is 4.90. The Morgan fingerprint density at radius 1 is 1.43 bits per heavy atom. The molecule has 0 spiro atoms. The summed E-state index contributed by atoms with van der Waals surface area (Å²) in [5.74, 6) is -0.672. The zero-order valence-electron chi connectivity index (χ0n) is 12.9. The Bertz CT molecular complexity index is 589. The molecule has 2 unspecified atom stereocenters. The zero-order valence-corrected chi connectivity index (χ0v) is 13.6. The van der Waals surface area contributed by atoms with Crippen molar-refractivity contribution < 1.29 is 19.0 Å². The van der Waals surface area contributed by atoms with Gasteiger partial charge < -0.3 is 15.2 Å². The Balaban J connectivity index is 1.64. The molecule has 1 amide bonds. The summed E-state index contributed by atoms with van der Waals surface area (Å²) in [7, 11) is 0. The number of carbonyl (C=O) groups excluding carboxylic acids is 1. The van der Waals surface area contributed by atoms with E-state index in [2.05, 4.69) is 5.32 Å². The monoisotopic (exact) mass is 341 g/mol. The molecule has 1 aromatic rings. The van der Waals surface area contributed by atoms with Gasteiger partial charge in [0, 0.05) is 6.61 Å². The summed E-state index contributed by atoms with van der Waals surface area (Å²) in [5, 5.41) is 13.3. The van der Waals surface area contributed by atoms with E-state index in [1.54, 1.807) is 6.07 Å². The highest BCUT2D eigenvalue weighted by atomic mass is 35.5. The third-order valence-electron chi connectivity index (χ3n) is 4.73. The molecular weight excluding hydrogens is 321 g/mol. The first-order valence-electron chi connectivity index (χ1n) is 8.05. The standard InChI is InChI=1S/C17H21ClFNO3/c18-12-4-3-11(9-13(12)19)16-14(5-8-23-16)20-15(21)10-17(22)6-1-2-7-17/h3-4,9,14,16,22H,1-2,5-8,10H2,(H,20,21). The maximum Gasteiger partial charge on any atom is 0.223 e. The second kappa shape index (κ2) is 6.75. The second-order valence-corrected chi connectivity index (χ2v) is 6.94. The molecule has 23 heavy (non-hydrogen) atoms. The van der Waals surface area contributed by atoms with E-state index in [0.29, 0.717) is 31.4 Å². The van der Waals surface area contributed by atoms with Crippen molar-refractivity contribution in [2.75, 3.05) is 6.61 Å². The molecule has 2 atom stereocenters. The van der Waals surface area contributed by atoms with Gasteiger partial charge >= 0.3 is 0 Å². The van der Waals surface area contributed by atoms with E-state index in [1.165, 1.54) is 12.1 Å². The number of rotatable bonds is 4. The molecule has 2 aliphatic rings. The first kappa shape index (κ1) is 16.7. The molecule has 1 aromatic carbocycles. The van der Waals surface area contributed by atoms with Gasteiger partial charge in [0.25, 0.3) is 0 Å². The topological polar surface area (TPSA) is 58.6 Å². The predicted octanol–water partition coefficient (Wildman–Crippen LogP) is 3.12. The average Bonchev–Trinajstić information content (AvgIpc) is 3.11. The van der Waals surface area contributed by atoms with Crippen molar-refractivity contribution in [2.45, 2.75) is 56.3 Å². The fourth-order valence-corrected chi connectivity index (χ4v) is 3.64. The van der Waals surface area contributed by atoms with Gasteiger partial charge in [0.1, 0.15) is 11.9 Å². The summed E-state index contributed by atoms with van der Waals surface area (Å²) in [5.41, 5.74) is -0.208. The highest BCUT2D eigenvalue weighted by molar-refractivity contribution is 6.30. The van der Waals surface area contributed by atoms with Gasteiger partial charge in [0.2, 0.25) is 5.91 Å². The van der Waals surface area contributed by atoms with Gasteiger partial charge in [-0.05, 0) is 37.0 Å². The van der Waals surface area contributed by atoms with Crippen LogP contribution >= 0.6 is 11.6 Å². The van der Waals surface area contributed by atoms with E-state index < -0.39 is 11.4 Å².